The molecule has 0 aromatic rings. The molecule has 0 saturated heterocycles. The van der Waals surface area contributed by atoms with E-state index in [0.717, 1.165) is 0 Å². The highest BCUT2D eigenvalue weighted by Gasteiger charge is 2.04. The van der Waals surface area contributed by atoms with Crippen LogP contribution < -0.4 is 5.32 Å². The van der Waals surface area contributed by atoms with E-state index in [1.165, 1.54) is 0 Å². The molecule has 0 saturated carbocycles. The molecule has 4 heteroatoms. The van der Waals surface area contributed by atoms with Gasteiger partial charge in [-0.2, -0.15) is 0 Å². The summed E-state index contributed by atoms with van der Waals surface area (Å²) >= 11 is 0. The largest absolute Gasteiger partial charge is 0.465 e. The zero-order valence-corrected chi connectivity index (χ0v) is 7.84. The lowest BCUT2D eigenvalue weighted by atomic mass is 10.3. The van der Waals surface area contributed by atoms with Crippen molar-refractivity contribution in [2.75, 3.05) is 13.2 Å². The highest BCUT2D eigenvalue weighted by Crippen LogP contribution is 1.88. The number of nitrogens with one attached hydrogen (secondary N) is 1. The molecule has 0 radical (unpaired) electrons. The Morgan fingerprint density at radius 3 is 2.77 bits per heavy atom. The van der Waals surface area contributed by atoms with E-state index < -0.39 is 5.97 Å². The topological polar surface area (TPSA) is 55.4 Å². The molecule has 13 heavy (non-hydrogen) atoms. The summed E-state index contributed by atoms with van der Waals surface area (Å²) in [6.07, 6.45) is 2.64. The lowest BCUT2D eigenvalue weighted by Gasteiger charge is -2.03. The molecule has 0 aromatic heterocycles. The fourth-order valence-electron chi connectivity index (χ4n) is 0.704. The van der Waals surface area contributed by atoms with Gasteiger partial charge in [-0.05, 0) is 13.3 Å². The van der Waals surface area contributed by atoms with Crippen molar-refractivity contribution < 1.29 is 14.3 Å². The Hall–Kier alpha value is -1.32. The van der Waals surface area contributed by atoms with Crippen molar-refractivity contribution in [3.8, 4) is 0 Å². The van der Waals surface area contributed by atoms with Gasteiger partial charge in [0, 0.05) is 6.42 Å². The third-order valence-electron chi connectivity index (χ3n) is 1.31. The summed E-state index contributed by atoms with van der Waals surface area (Å²) in [7, 11) is 0. The van der Waals surface area contributed by atoms with Crippen molar-refractivity contribution >= 4 is 11.9 Å². The average Bonchev–Trinajstić information content (AvgIpc) is 2.12. The van der Waals surface area contributed by atoms with Crippen LogP contribution >= 0.6 is 0 Å². The summed E-state index contributed by atoms with van der Waals surface area (Å²) in [5.74, 6) is -0.567. The van der Waals surface area contributed by atoms with Gasteiger partial charge in [0.15, 0.2) is 0 Å². The predicted molar refractivity (Wildman–Crippen MR) is 49.1 cm³/mol. The van der Waals surface area contributed by atoms with Crippen LogP contribution in [0.2, 0.25) is 0 Å². The van der Waals surface area contributed by atoms with E-state index in [-0.39, 0.29) is 12.5 Å². The number of hydrogen-bond donors (Lipinski definition) is 1. The summed E-state index contributed by atoms with van der Waals surface area (Å²) in [4.78, 5) is 21.7. The van der Waals surface area contributed by atoms with Crippen molar-refractivity contribution in [2.24, 2.45) is 0 Å². The molecule has 1 N–H and O–H groups in total. The number of esters is 1. The Bertz CT molecular complexity index is 189. The fourth-order valence-corrected chi connectivity index (χ4v) is 0.704. The highest BCUT2D eigenvalue weighted by atomic mass is 16.5. The van der Waals surface area contributed by atoms with Gasteiger partial charge in [0.05, 0.1) is 6.61 Å². The van der Waals surface area contributed by atoms with Crippen LogP contribution in [0.15, 0.2) is 12.7 Å². The molecule has 0 aromatic carbocycles. The van der Waals surface area contributed by atoms with Gasteiger partial charge < -0.3 is 10.1 Å². The maximum absolute atomic E-state index is 10.9. The average molecular weight is 185 g/mol. The third kappa shape index (κ3) is 7.05. The van der Waals surface area contributed by atoms with Gasteiger partial charge in [-0.3, -0.25) is 9.59 Å². The van der Waals surface area contributed by atoms with E-state index >= 15 is 0 Å². The van der Waals surface area contributed by atoms with E-state index in [9.17, 15) is 9.59 Å². The fraction of sp³-hybridized carbons (Fsp3) is 0.556. The van der Waals surface area contributed by atoms with Gasteiger partial charge in [0.1, 0.15) is 6.54 Å². The first kappa shape index (κ1) is 11.7. The van der Waals surface area contributed by atoms with Gasteiger partial charge in [0.25, 0.3) is 0 Å². The first-order valence-corrected chi connectivity index (χ1v) is 4.24. The molecule has 0 spiro atoms. The Balaban J connectivity index is 3.45. The van der Waals surface area contributed by atoms with Crippen LogP contribution in [0.1, 0.15) is 19.8 Å². The van der Waals surface area contributed by atoms with Crippen LogP contribution in [0.3, 0.4) is 0 Å². The minimum atomic E-state index is -0.408. The number of carbonyl (C=O) groups excluding carboxylic acids is 2. The summed E-state index contributed by atoms with van der Waals surface area (Å²) in [6.45, 7) is 5.49. The lowest BCUT2D eigenvalue weighted by molar-refractivity contribution is -0.143. The first-order chi connectivity index (χ1) is 6.20. The summed E-state index contributed by atoms with van der Waals surface area (Å²) in [6, 6.07) is 0. The normalized spacial score (nSPS) is 9.00. The molecule has 4 nitrogen and oxygen atoms in total. The minimum Gasteiger partial charge on any atom is -0.465 e. The molecule has 0 aliphatic rings. The predicted octanol–water partition coefficient (Wildman–Crippen LogP) is 0.632. The molecule has 0 fully saturated rings. The zero-order valence-electron chi connectivity index (χ0n) is 7.84. The van der Waals surface area contributed by atoms with Crippen molar-refractivity contribution in [3.05, 3.63) is 12.7 Å². The van der Waals surface area contributed by atoms with Crippen LogP contribution in [-0.2, 0) is 14.3 Å². The number of carbonyl (C=O) groups is 2. The molecule has 0 rings (SSSR count). The molecular formula is C9H15NO3. The zero-order chi connectivity index (χ0) is 10.1. The summed E-state index contributed by atoms with van der Waals surface area (Å²) in [5, 5.41) is 2.44. The van der Waals surface area contributed by atoms with Crippen LogP contribution in [-0.4, -0.2) is 25.0 Å². The number of allylic oxidation sites excluding steroid dienone is 1. The third-order valence-corrected chi connectivity index (χ3v) is 1.31. The van der Waals surface area contributed by atoms with E-state index in [1.54, 1.807) is 13.0 Å². The molecule has 74 valence electrons. The second-order valence-corrected chi connectivity index (χ2v) is 2.41. The van der Waals surface area contributed by atoms with Crippen molar-refractivity contribution in [1.29, 1.82) is 0 Å². The van der Waals surface area contributed by atoms with Gasteiger partial charge in [-0.1, -0.05) is 6.08 Å². The molecule has 0 atom stereocenters. The van der Waals surface area contributed by atoms with Gasteiger partial charge in [-0.25, -0.2) is 0 Å². The monoisotopic (exact) mass is 185 g/mol. The van der Waals surface area contributed by atoms with Crippen LogP contribution in [0.5, 0.6) is 0 Å². The summed E-state index contributed by atoms with van der Waals surface area (Å²) < 4.78 is 4.62. The standard InChI is InChI=1S/C9H15NO3/c1-3-5-6-8(11)10-7-9(12)13-4-2/h3H,1,4-7H2,2H3,(H,10,11). The Kier molecular flexibility index (Phi) is 6.59. The van der Waals surface area contributed by atoms with Crippen molar-refractivity contribution in [3.63, 3.8) is 0 Å². The maximum atomic E-state index is 10.9. The van der Waals surface area contributed by atoms with Crippen molar-refractivity contribution in [2.45, 2.75) is 19.8 Å². The molecule has 0 bridgehead atoms. The number of hydrogen-bond acceptors (Lipinski definition) is 3. The second kappa shape index (κ2) is 7.34. The molecule has 0 aliphatic carbocycles. The molecule has 0 aliphatic heterocycles. The van der Waals surface area contributed by atoms with E-state index in [2.05, 4.69) is 16.6 Å². The lowest BCUT2D eigenvalue weighted by Crippen LogP contribution is -2.30. The minimum absolute atomic E-state index is 0.0518. The molecular weight excluding hydrogens is 170 g/mol. The van der Waals surface area contributed by atoms with Gasteiger partial charge in [0.2, 0.25) is 5.91 Å². The number of ether oxygens (including phenoxy) is 1. The Morgan fingerprint density at radius 2 is 2.23 bits per heavy atom. The van der Waals surface area contributed by atoms with E-state index in [1.807, 2.05) is 0 Å². The first-order valence-electron chi connectivity index (χ1n) is 4.24. The Morgan fingerprint density at radius 1 is 1.54 bits per heavy atom. The highest BCUT2D eigenvalue weighted by molar-refractivity contribution is 5.81. The van der Waals surface area contributed by atoms with Crippen LogP contribution in [0, 0.1) is 0 Å². The van der Waals surface area contributed by atoms with Gasteiger partial charge in [-0.15, -0.1) is 6.58 Å². The van der Waals surface area contributed by atoms with Crippen LogP contribution in [0.4, 0.5) is 0 Å². The quantitative estimate of drug-likeness (QED) is 0.488. The molecule has 0 unspecified atom stereocenters. The van der Waals surface area contributed by atoms with Crippen molar-refractivity contribution in [1.82, 2.24) is 5.32 Å². The number of rotatable bonds is 6. The summed E-state index contributed by atoms with van der Waals surface area (Å²) in [5.41, 5.74) is 0. The smallest absolute Gasteiger partial charge is 0.325 e. The van der Waals surface area contributed by atoms with E-state index in [4.69, 9.17) is 0 Å². The van der Waals surface area contributed by atoms with Crippen LogP contribution in [0.25, 0.3) is 0 Å². The van der Waals surface area contributed by atoms with E-state index in [0.29, 0.717) is 19.4 Å². The van der Waals surface area contributed by atoms with Gasteiger partial charge >= 0.3 is 5.97 Å². The number of amides is 1. The second-order valence-electron chi connectivity index (χ2n) is 2.41. The Labute approximate surface area is 78.0 Å². The molecule has 1 amide bonds. The molecule has 0 heterocycles. The maximum Gasteiger partial charge on any atom is 0.325 e. The SMILES string of the molecule is C=CCCC(=O)NCC(=O)OCC.